The van der Waals surface area contributed by atoms with Crippen LogP contribution in [-0.2, 0) is 0 Å². The lowest BCUT2D eigenvalue weighted by Crippen LogP contribution is -2.29. The molecule has 0 unspecified atom stereocenters. The van der Waals surface area contributed by atoms with Gasteiger partial charge in [0.1, 0.15) is 0 Å². The van der Waals surface area contributed by atoms with E-state index in [4.69, 9.17) is 23.2 Å². The van der Waals surface area contributed by atoms with Crippen molar-refractivity contribution in [3.8, 4) is 0 Å². The first kappa shape index (κ1) is 19.6. The first-order chi connectivity index (χ1) is 12.2. The maximum Gasteiger partial charge on any atom is 0.251 e. The minimum atomic E-state index is -0.729. The quantitative estimate of drug-likeness (QED) is 0.655. The largest absolute Gasteiger partial charge is 0.387 e. The topological polar surface area (TPSA) is 52.6 Å². The van der Waals surface area contributed by atoms with Crippen LogP contribution in [0.4, 0.5) is 5.69 Å². The highest BCUT2D eigenvalue weighted by atomic mass is 35.5. The number of alkyl halides is 2. The van der Waals surface area contributed by atoms with Gasteiger partial charge in [-0.2, -0.15) is 0 Å². The van der Waals surface area contributed by atoms with Crippen LogP contribution in [0.2, 0.25) is 0 Å². The Morgan fingerprint density at radius 1 is 1.00 bits per heavy atom. The molecule has 0 saturated heterocycles. The summed E-state index contributed by atoms with van der Waals surface area (Å²) in [4.78, 5) is 14.3. The van der Waals surface area contributed by atoms with Gasteiger partial charge in [-0.05, 0) is 29.8 Å². The molecule has 0 fully saturated rings. The molecule has 0 spiro atoms. The number of halogens is 2. The normalized spacial score (nSPS) is 11.8. The Hall–Kier alpha value is -1.75. The van der Waals surface area contributed by atoms with Crippen molar-refractivity contribution in [3.63, 3.8) is 0 Å². The molecule has 0 saturated carbocycles. The average molecular weight is 381 g/mol. The van der Waals surface area contributed by atoms with Crippen LogP contribution in [0, 0.1) is 0 Å². The van der Waals surface area contributed by atoms with E-state index < -0.39 is 6.10 Å². The number of amides is 1. The van der Waals surface area contributed by atoms with E-state index in [0.29, 0.717) is 30.4 Å². The zero-order valence-corrected chi connectivity index (χ0v) is 15.4. The van der Waals surface area contributed by atoms with Crippen molar-refractivity contribution in [1.82, 2.24) is 5.32 Å². The lowest BCUT2D eigenvalue weighted by Gasteiger charge is -2.23. The zero-order chi connectivity index (χ0) is 18.1. The van der Waals surface area contributed by atoms with Crippen molar-refractivity contribution in [3.05, 3.63) is 65.7 Å². The maximum absolute atomic E-state index is 12.2. The minimum Gasteiger partial charge on any atom is -0.387 e. The number of rotatable bonds is 9. The molecular formula is C19H22Cl2N2O2. The number of nitrogens with one attached hydrogen (secondary N) is 1. The third-order valence-corrected chi connectivity index (χ3v) is 4.18. The van der Waals surface area contributed by atoms with Gasteiger partial charge in [-0.1, -0.05) is 30.3 Å². The highest BCUT2D eigenvalue weighted by Gasteiger charge is 2.11. The van der Waals surface area contributed by atoms with Crippen LogP contribution in [0.3, 0.4) is 0 Å². The van der Waals surface area contributed by atoms with Gasteiger partial charge < -0.3 is 15.3 Å². The third-order valence-electron chi connectivity index (χ3n) is 3.84. The smallest absolute Gasteiger partial charge is 0.251 e. The molecule has 2 aromatic rings. The van der Waals surface area contributed by atoms with E-state index in [0.717, 1.165) is 11.3 Å². The maximum atomic E-state index is 12.2. The summed E-state index contributed by atoms with van der Waals surface area (Å²) < 4.78 is 0. The number of hydrogen-bond donors (Lipinski definition) is 2. The van der Waals surface area contributed by atoms with Crippen LogP contribution in [-0.4, -0.2) is 42.4 Å². The molecule has 0 aliphatic carbocycles. The van der Waals surface area contributed by atoms with E-state index in [9.17, 15) is 9.90 Å². The van der Waals surface area contributed by atoms with Crippen LogP contribution in [0.1, 0.15) is 22.0 Å². The lowest BCUT2D eigenvalue weighted by molar-refractivity contribution is 0.0916. The molecule has 2 rings (SSSR count). The fourth-order valence-corrected chi connectivity index (χ4v) is 2.89. The van der Waals surface area contributed by atoms with Crippen LogP contribution < -0.4 is 10.2 Å². The van der Waals surface area contributed by atoms with Gasteiger partial charge in [-0.15, -0.1) is 23.2 Å². The second-order valence-electron chi connectivity index (χ2n) is 5.55. The van der Waals surface area contributed by atoms with E-state index in [1.165, 1.54) is 0 Å². The van der Waals surface area contributed by atoms with Crippen molar-refractivity contribution in [1.29, 1.82) is 0 Å². The number of carbonyl (C=O) groups is 1. The Morgan fingerprint density at radius 3 is 2.16 bits per heavy atom. The van der Waals surface area contributed by atoms with E-state index in [2.05, 4.69) is 10.2 Å². The molecule has 1 amide bonds. The van der Waals surface area contributed by atoms with Crippen molar-refractivity contribution in [2.24, 2.45) is 0 Å². The van der Waals surface area contributed by atoms with E-state index in [1.807, 2.05) is 42.5 Å². The first-order valence-corrected chi connectivity index (χ1v) is 9.20. The third kappa shape index (κ3) is 5.92. The molecule has 0 aliphatic heterocycles. The SMILES string of the molecule is O=C(NC[C@@H](O)c1ccccc1)c1ccc(N(CCCl)CCCl)cc1. The van der Waals surface area contributed by atoms with Crippen molar-refractivity contribution >= 4 is 34.8 Å². The first-order valence-electron chi connectivity index (χ1n) is 8.14. The summed E-state index contributed by atoms with van der Waals surface area (Å²) in [5.41, 5.74) is 2.29. The monoisotopic (exact) mass is 380 g/mol. The van der Waals surface area contributed by atoms with Gasteiger partial charge in [0.25, 0.3) is 5.91 Å². The van der Waals surface area contributed by atoms with E-state index >= 15 is 0 Å². The predicted octanol–water partition coefficient (Wildman–Crippen LogP) is 3.43. The molecule has 2 aromatic carbocycles. The molecule has 4 nitrogen and oxygen atoms in total. The Morgan fingerprint density at radius 2 is 1.60 bits per heavy atom. The number of carbonyl (C=O) groups excluding carboxylic acids is 1. The summed E-state index contributed by atoms with van der Waals surface area (Å²) in [7, 11) is 0. The molecule has 134 valence electrons. The summed E-state index contributed by atoms with van der Waals surface area (Å²) in [6, 6.07) is 16.5. The molecular weight excluding hydrogens is 359 g/mol. The summed E-state index contributed by atoms with van der Waals surface area (Å²) in [5, 5.41) is 12.9. The summed E-state index contributed by atoms with van der Waals surface area (Å²) in [6.45, 7) is 1.56. The highest BCUT2D eigenvalue weighted by molar-refractivity contribution is 6.18. The molecule has 2 N–H and O–H groups in total. The predicted molar refractivity (Wildman–Crippen MR) is 104 cm³/mol. The van der Waals surface area contributed by atoms with Gasteiger partial charge in [0.05, 0.1) is 6.10 Å². The number of nitrogens with zero attached hydrogens (tertiary/aromatic N) is 1. The number of hydrogen-bond acceptors (Lipinski definition) is 3. The van der Waals surface area contributed by atoms with Crippen LogP contribution in [0.5, 0.6) is 0 Å². The number of aliphatic hydroxyl groups excluding tert-OH is 1. The molecule has 0 aliphatic rings. The van der Waals surface area contributed by atoms with Gasteiger partial charge in [0, 0.05) is 42.6 Å². The van der Waals surface area contributed by atoms with Crippen LogP contribution >= 0.6 is 23.2 Å². The molecule has 0 aromatic heterocycles. The van der Waals surface area contributed by atoms with Crippen molar-refractivity contribution in [2.45, 2.75) is 6.10 Å². The summed E-state index contributed by atoms with van der Waals surface area (Å²) in [5.74, 6) is 0.801. The van der Waals surface area contributed by atoms with Gasteiger partial charge in [-0.3, -0.25) is 4.79 Å². The van der Waals surface area contributed by atoms with Gasteiger partial charge in [0.2, 0.25) is 0 Å². The second kappa shape index (κ2) is 10.3. The fraction of sp³-hybridized carbons (Fsp3) is 0.316. The van der Waals surface area contributed by atoms with E-state index in [1.54, 1.807) is 12.1 Å². The van der Waals surface area contributed by atoms with Crippen LogP contribution in [0.25, 0.3) is 0 Å². The molecule has 0 bridgehead atoms. The van der Waals surface area contributed by atoms with Crippen molar-refractivity contribution < 1.29 is 9.90 Å². The molecule has 0 heterocycles. The van der Waals surface area contributed by atoms with Gasteiger partial charge in [-0.25, -0.2) is 0 Å². The van der Waals surface area contributed by atoms with E-state index in [-0.39, 0.29) is 12.5 Å². The second-order valence-corrected chi connectivity index (χ2v) is 6.30. The number of benzene rings is 2. The minimum absolute atomic E-state index is 0.162. The summed E-state index contributed by atoms with van der Waals surface area (Å²) in [6.07, 6.45) is -0.729. The summed E-state index contributed by atoms with van der Waals surface area (Å²) >= 11 is 11.6. The highest BCUT2D eigenvalue weighted by Crippen LogP contribution is 2.16. The Labute approximate surface area is 158 Å². The Balaban J connectivity index is 1.93. The Bertz CT molecular complexity index is 644. The standard InChI is InChI=1S/C19H22Cl2N2O2/c20-10-12-23(13-11-21)17-8-6-16(7-9-17)19(25)22-14-18(24)15-4-2-1-3-5-15/h1-9,18,24H,10-14H2,(H,22,25)/t18-/m1/s1. The number of aliphatic hydroxyl groups is 1. The van der Waals surface area contributed by atoms with Crippen LogP contribution in [0.15, 0.2) is 54.6 Å². The van der Waals surface area contributed by atoms with Crippen molar-refractivity contribution in [2.75, 3.05) is 36.3 Å². The molecule has 6 heteroatoms. The average Bonchev–Trinajstić information content (AvgIpc) is 2.66. The molecule has 1 atom stereocenters. The Kier molecular flexibility index (Phi) is 8.06. The number of anilines is 1. The zero-order valence-electron chi connectivity index (χ0n) is 13.9. The van der Waals surface area contributed by atoms with Gasteiger partial charge in [0.15, 0.2) is 0 Å². The lowest BCUT2D eigenvalue weighted by atomic mass is 10.1. The van der Waals surface area contributed by atoms with Gasteiger partial charge >= 0.3 is 0 Å². The fourth-order valence-electron chi connectivity index (χ4n) is 2.48. The molecule has 25 heavy (non-hydrogen) atoms. The molecule has 0 radical (unpaired) electrons.